The zero-order chi connectivity index (χ0) is 16.6. The van der Waals surface area contributed by atoms with Crippen LogP contribution in [0.25, 0.3) is 5.69 Å². The van der Waals surface area contributed by atoms with Gasteiger partial charge in [0, 0.05) is 5.56 Å². The first-order chi connectivity index (χ1) is 10.9. The Hall–Kier alpha value is -2.74. The van der Waals surface area contributed by atoms with Crippen molar-refractivity contribution in [1.82, 2.24) is 9.55 Å². The summed E-state index contributed by atoms with van der Waals surface area (Å²) in [6.07, 6.45) is 1.08. The molecule has 1 aliphatic rings. The minimum Gasteiger partial charge on any atom is -0.459 e. The highest BCUT2D eigenvalue weighted by atomic mass is 16.6. The minimum atomic E-state index is -0.583. The van der Waals surface area contributed by atoms with Crippen LogP contribution in [0.4, 0.5) is 16.3 Å². The number of hydrogen-bond donors (Lipinski definition) is 3. The highest BCUT2D eigenvalue weighted by Crippen LogP contribution is 2.31. The van der Waals surface area contributed by atoms with Gasteiger partial charge in [0.2, 0.25) is 0 Å². The number of rotatable bonds is 2. The molecule has 3 N–H and O–H groups in total. The Morgan fingerprint density at radius 1 is 1.43 bits per heavy atom. The summed E-state index contributed by atoms with van der Waals surface area (Å²) in [5, 5.41) is 11.5. The van der Waals surface area contributed by atoms with Gasteiger partial charge in [-0.15, -0.1) is 0 Å². The van der Waals surface area contributed by atoms with Crippen molar-refractivity contribution in [3.05, 3.63) is 30.0 Å². The Morgan fingerprint density at radius 2 is 2.22 bits per heavy atom. The van der Waals surface area contributed by atoms with Crippen molar-refractivity contribution in [2.45, 2.75) is 33.0 Å². The van der Waals surface area contributed by atoms with Gasteiger partial charge in [0.15, 0.2) is 5.82 Å². The van der Waals surface area contributed by atoms with Crippen LogP contribution in [0.1, 0.15) is 26.3 Å². The number of nitrogens with one attached hydrogen (secondary N) is 2. The molecule has 0 spiro atoms. The first kappa shape index (κ1) is 15.2. The van der Waals surface area contributed by atoms with Gasteiger partial charge in [0.25, 0.3) is 0 Å². The Balaban J connectivity index is 1.84. The van der Waals surface area contributed by atoms with E-state index in [0.717, 1.165) is 11.3 Å². The summed E-state index contributed by atoms with van der Waals surface area (Å²) < 4.78 is 12.5. The molecule has 0 saturated carbocycles. The summed E-state index contributed by atoms with van der Waals surface area (Å²) >= 11 is 0. The molecule has 0 aliphatic carbocycles. The highest BCUT2D eigenvalue weighted by molar-refractivity contribution is 5.83. The number of aromatic nitrogens is 2. The molecular weight excluding hydrogens is 300 g/mol. The SMILES string of the molecule is CC(C)(C)OC(=O)Nc1cn2c(n1)OCc1cc(NO)ccc1-2. The molecule has 1 aromatic heterocycles. The topological polar surface area (TPSA) is 97.6 Å². The van der Waals surface area contributed by atoms with Crippen LogP contribution in [-0.4, -0.2) is 26.5 Å². The van der Waals surface area contributed by atoms with Crippen LogP contribution in [0.5, 0.6) is 6.01 Å². The molecule has 8 nitrogen and oxygen atoms in total. The van der Waals surface area contributed by atoms with Gasteiger partial charge in [-0.2, -0.15) is 4.98 Å². The average molecular weight is 318 g/mol. The first-order valence-corrected chi connectivity index (χ1v) is 7.11. The summed E-state index contributed by atoms with van der Waals surface area (Å²) in [6, 6.07) is 5.72. The van der Waals surface area contributed by atoms with Gasteiger partial charge in [-0.3, -0.25) is 20.6 Å². The van der Waals surface area contributed by atoms with Gasteiger partial charge in [-0.25, -0.2) is 4.79 Å². The van der Waals surface area contributed by atoms with Crippen LogP contribution in [0.3, 0.4) is 0 Å². The van der Waals surface area contributed by atoms with E-state index >= 15 is 0 Å². The molecule has 0 bridgehead atoms. The maximum Gasteiger partial charge on any atom is 0.413 e. The number of carbonyl (C=O) groups is 1. The van der Waals surface area contributed by atoms with E-state index in [4.69, 9.17) is 14.7 Å². The molecule has 0 saturated heterocycles. The minimum absolute atomic E-state index is 0.327. The van der Waals surface area contributed by atoms with Gasteiger partial charge in [0.05, 0.1) is 17.6 Å². The number of benzene rings is 1. The number of carbonyl (C=O) groups excluding carboxylic acids is 1. The van der Waals surface area contributed by atoms with E-state index in [1.54, 1.807) is 43.7 Å². The highest BCUT2D eigenvalue weighted by Gasteiger charge is 2.22. The number of fused-ring (bicyclic) bond motifs is 3. The number of ether oxygens (including phenoxy) is 2. The van der Waals surface area contributed by atoms with Gasteiger partial charge >= 0.3 is 12.1 Å². The molecule has 122 valence electrons. The van der Waals surface area contributed by atoms with Crippen LogP contribution < -0.4 is 15.5 Å². The second kappa shape index (κ2) is 5.47. The van der Waals surface area contributed by atoms with Crippen LogP contribution in [0, 0.1) is 0 Å². The normalized spacial score (nSPS) is 12.7. The molecule has 0 unspecified atom stereocenters. The zero-order valence-corrected chi connectivity index (χ0v) is 13.1. The monoisotopic (exact) mass is 318 g/mol. The molecule has 1 aliphatic heterocycles. The molecule has 0 radical (unpaired) electrons. The predicted octanol–water partition coefficient (Wildman–Crippen LogP) is 2.91. The van der Waals surface area contributed by atoms with E-state index in [9.17, 15) is 4.79 Å². The zero-order valence-electron chi connectivity index (χ0n) is 13.1. The van der Waals surface area contributed by atoms with Crippen LogP contribution in [0.2, 0.25) is 0 Å². The lowest BCUT2D eigenvalue weighted by Gasteiger charge is -2.19. The van der Waals surface area contributed by atoms with Crippen molar-refractivity contribution in [2.75, 3.05) is 10.8 Å². The van der Waals surface area contributed by atoms with Crippen LogP contribution in [0.15, 0.2) is 24.4 Å². The van der Waals surface area contributed by atoms with E-state index in [0.29, 0.717) is 24.1 Å². The fourth-order valence-corrected chi connectivity index (χ4v) is 2.25. The van der Waals surface area contributed by atoms with E-state index in [-0.39, 0.29) is 0 Å². The number of imidazole rings is 1. The Labute approximate surface area is 133 Å². The van der Waals surface area contributed by atoms with E-state index in [1.807, 2.05) is 6.07 Å². The fourth-order valence-electron chi connectivity index (χ4n) is 2.25. The number of anilines is 2. The Morgan fingerprint density at radius 3 is 2.91 bits per heavy atom. The predicted molar refractivity (Wildman–Crippen MR) is 83.2 cm³/mol. The lowest BCUT2D eigenvalue weighted by atomic mass is 10.1. The second-order valence-corrected chi connectivity index (χ2v) is 6.15. The average Bonchev–Trinajstić information content (AvgIpc) is 2.87. The van der Waals surface area contributed by atoms with E-state index in [1.165, 1.54) is 0 Å². The summed E-state index contributed by atoms with van der Waals surface area (Å²) in [4.78, 5) is 16.0. The Bertz CT molecular complexity index is 748. The molecule has 2 heterocycles. The molecule has 0 atom stereocenters. The molecule has 2 aromatic rings. The van der Waals surface area contributed by atoms with Crippen molar-refractivity contribution in [1.29, 1.82) is 0 Å². The summed E-state index contributed by atoms with van der Waals surface area (Å²) in [7, 11) is 0. The van der Waals surface area contributed by atoms with Crippen molar-refractivity contribution >= 4 is 17.6 Å². The van der Waals surface area contributed by atoms with Crippen LogP contribution in [-0.2, 0) is 11.3 Å². The fraction of sp³-hybridized carbons (Fsp3) is 0.333. The number of nitrogens with zero attached hydrogens (tertiary/aromatic N) is 2. The standard InChI is InChI=1S/C15H18N4O4/c1-15(2,3)23-14(20)17-12-7-19-11-5-4-10(18-21)6-9(11)8-22-13(19)16-12/h4-7,18,21H,8H2,1-3H3,(H,17,20). The largest absolute Gasteiger partial charge is 0.459 e. The molecule has 0 fully saturated rings. The summed E-state index contributed by atoms with van der Waals surface area (Å²) in [6.45, 7) is 5.69. The smallest absolute Gasteiger partial charge is 0.413 e. The lowest BCUT2D eigenvalue weighted by Crippen LogP contribution is -2.27. The Kier molecular flexibility index (Phi) is 3.61. The molecule has 23 heavy (non-hydrogen) atoms. The third-order valence-electron chi connectivity index (χ3n) is 3.13. The molecule has 3 rings (SSSR count). The lowest BCUT2D eigenvalue weighted by molar-refractivity contribution is 0.0635. The maximum atomic E-state index is 11.8. The molecule has 8 heteroatoms. The molecular formula is C15H18N4O4. The summed E-state index contributed by atoms with van der Waals surface area (Å²) in [5.74, 6) is 0.339. The van der Waals surface area contributed by atoms with Crippen LogP contribution >= 0.6 is 0 Å². The van der Waals surface area contributed by atoms with Gasteiger partial charge in [0.1, 0.15) is 12.2 Å². The third-order valence-corrected chi connectivity index (χ3v) is 3.13. The van der Waals surface area contributed by atoms with Gasteiger partial charge in [-0.05, 0) is 39.0 Å². The van der Waals surface area contributed by atoms with Crippen molar-refractivity contribution < 1.29 is 19.5 Å². The summed E-state index contributed by atoms with van der Waals surface area (Å²) in [5.41, 5.74) is 3.85. The van der Waals surface area contributed by atoms with E-state index in [2.05, 4.69) is 15.8 Å². The third kappa shape index (κ3) is 3.21. The molecule has 1 aromatic carbocycles. The first-order valence-electron chi connectivity index (χ1n) is 7.11. The van der Waals surface area contributed by atoms with Crippen molar-refractivity contribution in [3.8, 4) is 11.7 Å². The van der Waals surface area contributed by atoms with Gasteiger partial charge in [-0.1, -0.05) is 0 Å². The van der Waals surface area contributed by atoms with Gasteiger partial charge < -0.3 is 9.47 Å². The molecule has 1 amide bonds. The van der Waals surface area contributed by atoms with Crippen molar-refractivity contribution in [2.24, 2.45) is 0 Å². The van der Waals surface area contributed by atoms with Crippen molar-refractivity contribution in [3.63, 3.8) is 0 Å². The second-order valence-electron chi connectivity index (χ2n) is 6.15. The number of hydrogen-bond acceptors (Lipinski definition) is 6. The van der Waals surface area contributed by atoms with E-state index < -0.39 is 11.7 Å². The number of amides is 1. The maximum absolute atomic E-state index is 11.8. The quantitative estimate of drug-likeness (QED) is 0.737.